The Morgan fingerprint density at radius 2 is 1.94 bits per heavy atom. The Bertz CT molecular complexity index is 628. The quantitative estimate of drug-likeness (QED) is 0.859. The molecule has 0 bridgehead atoms. The number of hydrogen-bond acceptors (Lipinski definition) is 2. The minimum Gasteiger partial charge on any atom is -0.317 e. The molecule has 1 heterocycles. The molecule has 96 valence electrons. The van der Waals surface area contributed by atoms with Gasteiger partial charge in [0.2, 0.25) is 0 Å². The van der Waals surface area contributed by atoms with Crippen LogP contribution < -0.4 is 4.80 Å². The Morgan fingerprint density at radius 1 is 1.22 bits per heavy atom. The molecule has 0 aliphatic heterocycles. The lowest BCUT2D eigenvalue weighted by Crippen LogP contribution is -2.12. The van der Waals surface area contributed by atoms with Crippen LogP contribution >= 0.6 is 34.5 Å². The molecule has 0 saturated heterocycles. The molecule has 0 aliphatic rings. The van der Waals surface area contributed by atoms with Crippen molar-refractivity contribution >= 4 is 34.5 Å². The maximum Gasteiger partial charge on any atom is 0.182 e. The smallest absolute Gasteiger partial charge is 0.182 e. The summed E-state index contributed by atoms with van der Waals surface area (Å²) in [4.78, 5) is 1.79. The van der Waals surface area contributed by atoms with Crippen molar-refractivity contribution in [3.63, 3.8) is 0 Å². The van der Waals surface area contributed by atoms with Crippen molar-refractivity contribution in [3.05, 3.63) is 37.9 Å². The van der Waals surface area contributed by atoms with Gasteiger partial charge < -0.3 is 4.57 Å². The number of aromatic nitrogens is 1. The summed E-state index contributed by atoms with van der Waals surface area (Å²) in [6, 6.07) is 5.64. The first-order chi connectivity index (χ1) is 8.58. The summed E-state index contributed by atoms with van der Waals surface area (Å²) in [5, 5.41) is 9.11. The van der Waals surface area contributed by atoms with Gasteiger partial charge in [0.05, 0.1) is 15.7 Å². The van der Waals surface area contributed by atoms with Crippen molar-refractivity contribution in [1.29, 1.82) is 5.41 Å². The van der Waals surface area contributed by atoms with Gasteiger partial charge >= 0.3 is 0 Å². The maximum absolute atomic E-state index is 8.00. The molecule has 0 saturated carbocycles. The predicted octanol–water partition coefficient (Wildman–Crippen LogP) is 4.59. The van der Waals surface area contributed by atoms with E-state index in [1.54, 1.807) is 6.07 Å². The highest BCUT2D eigenvalue weighted by atomic mass is 35.5. The van der Waals surface area contributed by atoms with E-state index in [9.17, 15) is 0 Å². The Balaban J connectivity index is 2.68. The number of nitrogens with zero attached hydrogens (tertiary/aromatic N) is 1. The number of rotatable bonds is 3. The van der Waals surface area contributed by atoms with Crippen molar-refractivity contribution in [2.24, 2.45) is 0 Å². The van der Waals surface area contributed by atoms with E-state index in [0.717, 1.165) is 24.2 Å². The minimum atomic E-state index is 0.552. The fraction of sp³-hybridized carbons (Fsp3) is 0.308. The lowest BCUT2D eigenvalue weighted by molar-refractivity contribution is 0.733. The summed E-state index contributed by atoms with van der Waals surface area (Å²) in [6.45, 7) is 4.93. The SMILES string of the molecule is CCc1sc(=N)n(CC)c1-c1ccc(Cl)c(Cl)c1. The molecule has 2 aromatic rings. The first kappa shape index (κ1) is 13.7. The van der Waals surface area contributed by atoms with Gasteiger partial charge in [0, 0.05) is 17.0 Å². The van der Waals surface area contributed by atoms with Crippen LogP contribution in [0.1, 0.15) is 18.7 Å². The highest BCUT2D eigenvalue weighted by molar-refractivity contribution is 7.09. The molecule has 0 spiro atoms. The van der Waals surface area contributed by atoms with Crippen LogP contribution in [-0.2, 0) is 13.0 Å². The molecule has 5 heteroatoms. The van der Waals surface area contributed by atoms with Gasteiger partial charge in [-0.3, -0.25) is 5.41 Å². The van der Waals surface area contributed by atoms with Gasteiger partial charge in [-0.1, -0.05) is 36.2 Å². The van der Waals surface area contributed by atoms with E-state index in [1.807, 2.05) is 23.6 Å². The van der Waals surface area contributed by atoms with Crippen molar-refractivity contribution in [1.82, 2.24) is 4.57 Å². The molecule has 0 fully saturated rings. The molecule has 1 N–H and O–H groups in total. The second kappa shape index (κ2) is 5.47. The van der Waals surface area contributed by atoms with E-state index in [4.69, 9.17) is 28.6 Å². The van der Waals surface area contributed by atoms with Crippen LogP contribution in [0.15, 0.2) is 18.2 Å². The largest absolute Gasteiger partial charge is 0.317 e. The Kier molecular flexibility index (Phi) is 4.15. The molecular formula is C13H14Cl2N2S. The van der Waals surface area contributed by atoms with Crippen LogP contribution in [0.5, 0.6) is 0 Å². The normalized spacial score (nSPS) is 10.9. The van der Waals surface area contributed by atoms with Crippen molar-refractivity contribution in [3.8, 4) is 11.3 Å². The number of hydrogen-bond donors (Lipinski definition) is 1. The van der Waals surface area contributed by atoms with E-state index in [1.165, 1.54) is 16.2 Å². The maximum atomic E-state index is 8.00. The van der Waals surface area contributed by atoms with Crippen molar-refractivity contribution < 1.29 is 0 Å². The summed E-state index contributed by atoms with van der Waals surface area (Å²) in [5.74, 6) is 0. The zero-order valence-corrected chi connectivity index (χ0v) is 12.6. The lowest BCUT2D eigenvalue weighted by atomic mass is 10.1. The topological polar surface area (TPSA) is 28.8 Å². The molecule has 0 amide bonds. The van der Waals surface area contributed by atoms with E-state index in [0.29, 0.717) is 14.8 Å². The van der Waals surface area contributed by atoms with Crippen LogP contribution in [-0.4, -0.2) is 4.57 Å². The summed E-state index contributed by atoms with van der Waals surface area (Å²) in [6.07, 6.45) is 0.916. The van der Waals surface area contributed by atoms with E-state index in [2.05, 4.69) is 6.92 Å². The fourth-order valence-corrected chi connectivity index (χ4v) is 3.30. The molecule has 1 aromatic carbocycles. The predicted molar refractivity (Wildman–Crippen MR) is 78.7 cm³/mol. The highest BCUT2D eigenvalue weighted by Crippen LogP contribution is 2.31. The molecule has 18 heavy (non-hydrogen) atoms. The third kappa shape index (κ3) is 2.35. The average Bonchev–Trinajstić information content (AvgIpc) is 2.68. The lowest BCUT2D eigenvalue weighted by Gasteiger charge is -2.09. The fourth-order valence-electron chi connectivity index (χ4n) is 1.97. The molecule has 0 unspecified atom stereocenters. The van der Waals surface area contributed by atoms with Gasteiger partial charge in [-0.05, 0) is 25.5 Å². The highest BCUT2D eigenvalue weighted by Gasteiger charge is 2.13. The van der Waals surface area contributed by atoms with E-state index < -0.39 is 0 Å². The summed E-state index contributed by atoms with van der Waals surface area (Å²) >= 11 is 13.5. The average molecular weight is 301 g/mol. The van der Waals surface area contributed by atoms with Crippen LogP contribution in [0.3, 0.4) is 0 Å². The number of halogens is 2. The standard InChI is InChI=1S/C13H14Cl2N2S/c1-3-11-12(17(4-2)13(16)18-11)8-5-6-9(14)10(15)7-8/h5-7,16H,3-4H2,1-2H3. The van der Waals surface area contributed by atoms with E-state index >= 15 is 0 Å². The number of aryl methyl sites for hydroxylation is 1. The third-order valence-corrected chi connectivity index (χ3v) is 4.71. The second-order valence-electron chi connectivity index (χ2n) is 3.91. The molecule has 0 aliphatic carbocycles. The van der Waals surface area contributed by atoms with Crippen LogP contribution in [0.25, 0.3) is 11.3 Å². The monoisotopic (exact) mass is 300 g/mol. The molecular weight excluding hydrogens is 287 g/mol. The van der Waals surface area contributed by atoms with Crippen LogP contribution in [0.4, 0.5) is 0 Å². The Labute approximate surface area is 120 Å². The summed E-state index contributed by atoms with van der Waals surface area (Å²) in [7, 11) is 0. The van der Waals surface area contributed by atoms with Gasteiger partial charge in [0.15, 0.2) is 4.80 Å². The third-order valence-electron chi connectivity index (χ3n) is 2.83. The Morgan fingerprint density at radius 3 is 2.50 bits per heavy atom. The first-order valence-electron chi connectivity index (χ1n) is 5.81. The minimum absolute atomic E-state index is 0.552. The zero-order valence-electron chi connectivity index (χ0n) is 10.3. The van der Waals surface area contributed by atoms with Crippen LogP contribution in [0, 0.1) is 5.41 Å². The van der Waals surface area contributed by atoms with Gasteiger partial charge in [-0.2, -0.15) is 0 Å². The zero-order chi connectivity index (χ0) is 13.3. The van der Waals surface area contributed by atoms with Gasteiger partial charge in [-0.25, -0.2) is 0 Å². The molecule has 2 nitrogen and oxygen atoms in total. The van der Waals surface area contributed by atoms with Crippen molar-refractivity contribution in [2.45, 2.75) is 26.8 Å². The Hall–Kier alpha value is -0.770. The van der Waals surface area contributed by atoms with Gasteiger partial charge in [0.1, 0.15) is 0 Å². The van der Waals surface area contributed by atoms with Gasteiger partial charge in [-0.15, -0.1) is 11.3 Å². The molecule has 0 radical (unpaired) electrons. The van der Waals surface area contributed by atoms with Crippen molar-refractivity contribution in [2.75, 3.05) is 0 Å². The first-order valence-corrected chi connectivity index (χ1v) is 7.38. The molecule has 0 atom stereocenters. The number of benzene rings is 1. The number of nitrogens with one attached hydrogen (secondary N) is 1. The number of thiazole rings is 1. The van der Waals surface area contributed by atoms with E-state index in [-0.39, 0.29) is 0 Å². The van der Waals surface area contributed by atoms with Gasteiger partial charge in [0.25, 0.3) is 0 Å². The summed E-state index contributed by atoms with van der Waals surface area (Å²) < 4.78 is 2.00. The van der Waals surface area contributed by atoms with Crippen LogP contribution in [0.2, 0.25) is 10.0 Å². The molecule has 1 aromatic heterocycles. The summed E-state index contributed by atoms with van der Waals surface area (Å²) in [5.41, 5.74) is 2.12. The molecule has 2 rings (SSSR count). The second-order valence-corrected chi connectivity index (χ2v) is 5.80.